The summed E-state index contributed by atoms with van der Waals surface area (Å²) in [4.78, 5) is 18.2. The van der Waals surface area contributed by atoms with Crippen LogP contribution in [0.1, 0.15) is 22.0 Å². The quantitative estimate of drug-likeness (QED) is 0.749. The molecule has 1 atom stereocenters. The molecule has 5 nitrogen and oxygen atoms in total. The summed E-state index contributed by atoms with van der Waals surface area (Å²) in [6.45, 7) is 1.61. The van der Waals surface area contributed by atoms with Crippen LogP contribution >= 0.6 is 11.3 Å². The number of aliphatic imine (C=N–C) groups is 2. The molecule has 0 radical (unpaired) electrons. The van der Waals surface area contributed by atoms with E-state index in [1.165, 1.54) is 4.88 Å². The van der Waals surface area contributed by atoms with Gasteiger partial charge in [0.15, 0.2) is 5.82 Å². The van der Waals surface area contributed by atoms with Crippen molar-refractivity contribution in [1.82, 2.24) is 9.88 Å². The lowest BCUT2D eigenvalue weighted by Crippen LogP contribution is -2.58. The predicted octanol–water partition coefficient (Wildman–Crippen LogP) is 3.41. The van der Waals surface area contributed by atoms with Gasteiger partial charge < -0.3 is 10.6 Å². The molecule has 5 rings (SSSR count). The van der Waals surface area contributed by atoms with E-state index in [2.05, 4.69) is 39.5 Å². The second-order valence-electron chi connectivity index (χ2n) is 6.77. The van der Waals surface area contributed by atoms with Gasteiger partial charge in [0.05, 0.1) is 5.71 Å². The molecule has 2 aliphatic rings. The molecule has 0 spiro atoms. The minimum Gasteiger partial charge on any atom is -0.355 e. The molecular weight excluding hydrogens is 354 g/mol. The monoisotopic (exact) mass is 373 g/mol. The van der Waals surface area contributed by atoms with Gasteiger partial charge in [0, 0.05) is 41.3 Å². The summed E-state index contributed by atoms with van der Waals surface area (Å²) >= 11 is 1.70. The Balaban J connectivity index is 1.72. The first-order valence-electron chi connectivity index (χ1n) is 9.01. The number of nitrogens with two attached hydrogens (primary N) is 1. The zero-order chi connectivity index (χ0) is 18.2. The van der Waals surface area contributed by atoms with E-state index in [1.807, 2.05) is 30.3 Å². The van der Waals surface area contributed by atoms with Gasteiger partial charge >= 0.3 is 0 Å². The highest BCUT2D eigenvalue weighted by atomic mass is 32.1. The predicted molar refractivity (Wildman–Crippen MR) is 110 cm³/mol. The average Bonchev–Trinajstić information content (AvgIpc) is 3.15. The van der Waals surface area contributed by atoms with Crippen LogP contribution in [0.3, 0.4) is 0 Å². The number of likely N-dealkylation sites (tertiary alicyclic amines) is 1. The summed E-state index contributed by atoms with van der Waals surface area (Å²) in [6.07, 6.45) is 1.79. The summed E-state index contributed by atoms with van der Waals surface area (Å²) in [5.74, 6) is 1.65. The van der Waals surface area contributed by atoms with Crippen LogP contribution in [-0.4, -0.2) is 40.6 Å². The molecule has 134 valence electrons. The lowest BCUT2D eigenvalue weighted by molar-refractivity contribution is 0.247. The van der Waals surface area contributed by atoms with E-state index in [4.69, 9.17) is 15.7 Å². The topological polar surface area (TPSA) is 66.9 Å². The zero-order valence-electron chi connectivity index (χ0n) is 14.7. The summed E-state index contributed by atoms with van der Waals surface area (Å²) in [7, 11) is 0. The van der Waals surface area contributed by atoms with Crippen molar-refractivity contribution >= 4 is 28.7 Å². The first-order valence-corrected chi connectivity index (χ1v) is 9.88. The maximum absolute atomic E-state index is 6.05. The van der Waals surface area contributed by atoms with Gasteiger partial charge in [-0.2, -0.15) is 0 Å². The van der Waals surface area contributed by atoms with Crippen molar-refractivity contribution in [2.24, 2.45) is 15.7 Å². The van der Waals surface area contributed by atoms with Crippen LogP contribution in [0.5, 0.6) is 0 Å². The first kappa shape index (κ1) is 16.4. The van der Waals surface area contributed by atoms with Crippen molar-refractivity contribution in [3.8, 4) is 0 Å². The highest BCUT2D eigenvalue weighted by Crippen LogP contribution is 2.34. The van der Waals surface area contributed by atoms with E-state index in [0.29, 0.717) is 0 Å². The number of thiophene rings is 1. The van der Waals surface area contributed by atoms with E-state index >= 15 is 0 Å². The third kappa shape index (κ3) is 2.97. The average molecular weight is 373 g/mol. The number of pyridine rings is 1. The fourth-order valence-corrected chi connectivity index (χ4v) is 4.26. The number of rotatable bonds is 2. The van der Waals surface area contributed by atoms with Gasteiger partial charge in [-0.3, -0.25) is 4.99 Å². The Hall–Kier alpha value is -2.83. The molecular formula is C21H19N5S. The van der Waals surface area contributed by atoms with Crippen molar-refractivity contribution in [2.75, 3.05) is 13.1 Å². The molecule has 2 N–H and O–H groups in total. The van der Waals surface area contributed by atoms with Gasteiger partial charge in [0.2, 0.25) is 0 Å². The number of amidine groups is 1. The van der Waals surface area contributed by atoms with Crippen molar-refractivity contribution in [3.63, 3.8) is 0 Å². The standard InChI is InChI=1S/C21H19N5S/c22-15-12-26(13-15)21-19(17-9-5-11-27-17)24-18(14-6-2-1-3-7-14)16-8-4-10-23-20(16)25-21/h1-11,15,19H,12-13,22H2. The summed E-state index contributed by atoms with van der Waals surface area (Å²) in [5.41, 5.74) is 9.01. The third-order valence-electron chi connectivity index (χ3n) is 4.86. The van der Waals surface area contributed by atoms with Crippen LogP contribution in [0.25, 0.3) is 0 Å². The normalized spacial score (nSPS) is 19.6. The van der Waals surface area contributed by atoms with E-state index in [0.717, 1.165) is 41.6 Å². The van der Waals surface area contributed by atoms with E-state index in [-0.39, 0.29) is 12.1 Å². The largest absolute Gasteiger partial charge is 0.355 e. The van der Waals surface area contributed by atoms with Crippen LogP contribution in [0, 0.1) is 0 Å². The summed E-state index contributed by atoms with van der Waals surface area (Å²) < 4.78 is 0. The Bertz CT molecular complexity index is 1000. The van der Waals surface area contributed by atoms with E-state index in [9.17, 15) is 0 Å². The molecule has 1 saturated heterocycles. The number of aromatic nitrogens is 1. The van der Waals surface area contributed by atoms with Crippen LogP contribution in [0.2, 0.25) is 0 Å². The van der Waals surface area contributed by atoms with Crippen LogP contribution in [0.4, 0.5) is 5.82 Å². The SMILES string of the molecule is NC1CN(C2=Nc3ncccc3C(c3ccccc3)=NC2c2cccs2)C1. The van der Waals surface area contributed by atoms with Crippen molar-refractivity contribution in [1.29, 1.82) is 0 Å². The molecule has 0 aliphatic carbocycles. The van der Waals surface area contributed by atoms with Crippen molar-refractivity contribution < 1.29 is 0 Å². The molecule has 6 heteroatoms. The summed E-state index contributed by atoms with van der Waals surface area (Å²) in [5, 5.41) is 2.09. The smallest absolute Gasteiger partial charge is 0.163 e. The van der Waals surface area contributed by atoms with Gasteiger partial charge in [0.25, 0.3) is 0 Å². The molecule has 2 aromatic heterocycles. The molecule has 0 amide bonds. The van der Waals surface area contributed by atoms with Gasteiger partial charge in [-0.15, -0.1) is 11.3 Å². The van der Waals surface area contributed by atoms with Gasteiger partial charge in [0.1, 0.15) is 11.9 Å². The van der Waals surface area contributed by atoms with E-state index in [1.54, 1.807) is 17.5 Å². The first-order chi connectivity index (χ1) is 13.3. The minimum atomic E-state index is -0.151. The molecule has 1 unspecified atom stereocenters. The second-order valence-corrected chi connectivity index (χ2v) is 7.75. The molecule has 4 heterocycles. The maximum atomic E-state index is 6.05. The second kappa shape index (κ2) is 6.72. The van der Waals surface area contributed by atoms with Crippen LogP contribution < -0.4 is 5.73 Å². The number of hydrogen-bond donors (Lipinski definition) is 1. The fraction of sp³-hybridized carbons (Fsp3) is 0.190. The number of fused-ring (bicyclic) bond motifs is 1. The molecule has 1 fully saturated rings. The Kier molecular flexibility index (Phi) is 4.07. The summed E-state index contributed by atoms with van der Waals surface area (Å²) in [6, 6.07) is 18.5. The molecule has 0 bridgehead atoms. The van der Waals surface area contributed by atoms with Crippen molar-refractivity contribution in [3.05, 3.63) is 82.2 Å². The van der Waals surface area contributed by atoms with Gasteiger partial charge in [-0.25, -0.2) is 9.98 Å². The number of benzene rings is 1. The Morgan fingerprint density at radius 3 is 2.59 bits per heavy atom. The molecule has 3 aromatic rings. The zero-order valence-corrected chi connectivity index (χ0v) is 15.5. The Labute approximate surface area is 161 Å². The van der Waals surface area contributed by atoms with Gasteiger partial charge in [-0.05, 0) is 23.6 Å². The highest BCUT2D eigenvalue weighted by molar-refractivity contribution is 7.10. The Morgan fingerprint density at radius 2 is 1.85 bits per heavy atom. The van der Waals surface area contributed by atoms with Crippen LogP contribution in [-0.2, 0) is 0 Å². The minimum absolute atomic E-state index is 0.151. The van der Waals surface area contributed by atoms with E-state index < -0.39 is 0 Å². The third-order valence-corrected chi connectivity index (χ3v) is 5.78. The van der Waals surface area contributed by atoms with Gasteiger partial charge in [-0.1, -0.05) is 36.4 Å². The fourth-order valence-electron chi connectivity index (χ4n) is 3.50. The van der Waals surface area contributed by atoms with Crippen molar-refractivity contribution in [2.45, 2.75) is 12.1 Å². The molecule has 27 heavy (non-hydrogen) atoms. The molecule has 1 aromatic carbocycles. The number of nitrogens with zero attached hydrogens (tertiary/aromatic N) is 4. The highest BCUT2D eigenvalue weighted by Gasteiger charge is 2.34. The van der Waals surface area contributed by atoms with Crippen LogP contribution in [0.15, 0.2) is 76.2 Å². The molecule has 2 aliphatic heterocycles. The number of hydrogen-bond acceptors (Lipinski definition) is 6. The Morgan fingerprint density at radius 1 is 1.00 bits per heavy atom. The maximum Gasteiger partial charge on any atom is 0.163 e. The molecule has 0 saturated carbocycles. The lowest BCUT2D eigenvalue weighted by Gasteiger charge is -2.40. The lowest BCUT2D eigenvalue weighted by atomic mass is 10.0.